The predicted octanol–water partition coefficient (Wildman–Crippen LogP) is 4.63. The van der Waals surface area contributed by atoms with Gasteiger partial charge in [-0.25, -0.2) is 0 Å². The Hall–Kier alpha value is -1.30. The highest BCUT2D eigenvalue weighted by Crippen LogP contribution is 2.24. The highest BCUT2D eigenvalue weighted by molar-refractivity contribution is 5.73. The summed E-state index contributed by atoms with van der Waals surface area (Å²) in [6.07, 6.45) is 1.88. The van der Waals surface area contributed by atoms with Crippen LogP contribution in [-0.2, 0) is 0 Å². The molecule has 0 saturated carbocycles. The van der Waals surface area contributed by atoms with Crippen molar-refractivity contribution in [2.45, 2.75) is 21.3 Å². The lowest BCUT2D eigenvalue weighted by molar-refractivity contribution is 0.857. The zero-order valence-corrected chi connectivity index (χ0v) is 8.38. The van der Waals surface area contributed by atoms with Crippen LogP contribution in [0.1, 0.15) is 32.4 Å². The molecule has 0 N–H and O–H groups in total. The van der Waals surface area contributed by atoms with Gasteiger partial charge in [-0.05, 0) is 22.6 Å². The number of hydrogen-bond acceptors (Lipinski definition) is 0. The molecule has 1 rings (SSSR count). The highest BCUT2D eigenvalue weighted by atomic mass is 14.1. The Morgan fingerprint density at radius 1 is 1.29 bits per heavy atom. The van der Waals surface area contributed by atoms with Crippen LogP contribution >= 0.6 is 0 Å². The molecule has 0 aliphatic heterocycles. The van der Waals surface area contributed by atoms with Crippen LogP contribution in [0.15, 0.2) is 37.4 Å². The van der Waals surface area contributed by atoms with Gasteiger partial charge in [0.2, 0.25) is 0 Å². The molecule has 0 saturated heterocycles. The molecule has 0 amide bonds. The summed E-state index contributed by atoms with van der Waals surface area (Å²) < 4.78 is 0. The van der Waals surface area contributed by atoms with E-state index in [2.05, 4.69) is 39.1 Å². The summed E-state index contributed by atoms with van der Waals surface area (Å²) in [7, 11) is 0. The monoisotopic (exact) mass is 188 g/mol. The molecular formula is C14H20. The molecule has 0 unspecified atom stereocenters. The average molecular weight is 188 g/mol. The zero-order chi connectivity index (χ0) is 9.84. The predicted molar refractivity (Wildman–Crippen MR) is 67.1 cm³/mol. The molecule has 1 aromatic rings. The molecular weight excluding hydrogens is 168 g/mol. The number of benzene rings is 1. The van der Waals surface area contributed by atoms with E-state index in [1.807, 2.05) is 18.2 Å². The van der Waals surface area contributed by atoms with Crippen LogP contribution in [0.5, 0.6) is 0 Å². The van der Waals surface area contributed by atoms with Gasteiger partial charge >= 0.3 is 0 Å². The first-order valence-electron chi connectivity index (χ1n) is 4.57. The van der Waals surface area contributed by atoms with Crippen LogP contribution in [0.4, 0.5) is 0 Å². The van der Waals surface area contributed by atoms with E-state index in [1.54, 1.807) is 0 Å². The molecule has 0 nitrogen and oxygen atoms in total. The van der Waals surface area contributed by atoms with Crippen molar-refractivity contribution in [2.24, 2.45) is 5.92 Å². The third-order valence-electron chi connectivity index (χ3n) is 2.22. The normalized spacial score (nSPS) is 9.36. The molecule has 1 aromatic carbocycles. The lowest BCUT2D eigenvalue weighted by Crippen LogP contribution is -1.94. The van der Waals surface area contributed by atoms with Gasteiger partial charge in [0.1, 0.15) is 0 Å². The summed E-state index contributed by atoms with van der Waals surface area (Å²) in [6, 6.07) is 8.22. The second-order valence-corrected chi connectivity index (χ2v) is 3.47. The number of allylic oxidation sites excluding steroid dienone is 1. The molecule has 0 fully saturated rings. The summed E-state index contributed by atoms with van der Waals surface area (Å²) in [5.41, 5.74) is 3.56. The maximum Gasteiger partial charge on any atom is -0.0155 e. The molecule has 0 heterocycles. The maximum absolute atomic E-state index is 4.09. The van der Waals surface area contributed by atoms with Gasteiger partial charge < -0.3 is 0 Å². The van der Waals surface area contributed by atoms with Crippen molar-refractivity contribution in [3.63, 3.8) is 0 Å². The summed E-state index contributed by atoms with van der Waals surface area (Å²) in [5.74, 6) is 0.487. The van der Waals surface area contributed by atoms with Crippen molar-refractivity contribution in [3.8, 4) is 0 Å². The van der Waals surface area contributed by atoms with Crippen molar-refractivity contribution < 1.29 is 0 Å². The summed E-state index contributed by atoms with van der Waals surface area (Å²) in [6.45, 7) is 12.2. The average Bonchev–Trinajstić information content (AvgIpc) is 2.16. The Morgan fingerprint density at radius 2 is 1.86 bits per heavy atom. The summed E-state index contributed by atoms with van der Waals surface area (Å²) in [5, 5.41) is 0. The quantitative estimate of drug-likeness (QED) is 0.648. The van der Waals surface area contributed by atoms with Crippen LogP contribution < -0.4 is 0 Å². The van der Waals surface area contributed by atoms with E-state index in [0.29, 0.717) is 5.92 Å². The number of rotatable bonds is 3. The van der Waals surface area contributed by atoms with Crippen LogP contribution in [0.25, 0.3) is 11.6 Å². The van der Waals surface area contributed by atoms with Gasteiger partial charge in [-0.1, -0.05) is 64.8 Å². The van der Waals surface area contributed by atoms with Crippen LogP contribution in [0, 0.1) is 5.92 Å². The highest BCUT2D eigenvalue weighted by Gasteiger charge is 2.05. The number of hydrogen-bond donors (Lipinski definition) is 0. The Bertz CT molecular complexity index is 319. The molecule has 14 heavy (non-hydrogen) atoms. The zero-order valence-electron chi connectivity index (χ0n) is 8.38. The van der Waals surface area contributed by atoms with Gasteiger partial charge in [-0.3, -0.25) is 0 Å². The fraction of sp³-hybridized carbons (Fsp3) is 0.286. The molecule has 0 aliphatic carbocycles. The SMILES string of the molecule is C.C=Cc1ccccc1C(=C)C(C)C. The van der Waals surface area contributed by atoms with Crippen molar-refractivity contribution >= 4 is 11.6 Å². The van der Waals surface area contributed by atoms with Crippen LogP contribution in [0.2, 0.25) is 0 Å². The van der Waals surface area contributed by atoms with Gasteiger partial charge in [0, 0.05) is 0 Å². The van der Waals surface area contributed by atoms with E-state index in [0.717, 1.165) is 0 Å². The minimum absolute atomic E-state index is 0. The first-order chi connectivity index (χ1) is 6.16. The fourth-order valence-corrected chi connectivity index (χ4v) is 1.28. The molecule has 0 heteroatoms. The van der Waals surface area contributed by atoms with Gasteiger partial charge in [0.05, 0.1) is 0 Å². The van der Waals surface area contributed by atoms with Crippen molar-refractivity contribution in [1.29, 1.82) is 0 Å². The summed E-state index contributed by atoms with van der Waals surface area (Å²) in [4.78, 5) is 0. The van der Waals surface area contributed by atoms with Gasteiger partial charge in [0.15, 0.2) is 0 Å². The first-order valence-corrected chi connectivity index (χ1v) is 4.57. The third kappa shape index (κ3) is 2.59. The topological polar surface area (TPSA) is 0 Å². The second kappa shape index (κ2) is 5.43. The molecule has 0 spiro atoms. The third-order valence-corrected chi connectivity index (χ3v) is 2.22. The molecule has 0 aromatic heterocycles. The van der Waals surface area contributed by atoms with Crippen LogP contribution in [-0.4, -0.2) is 0 Å². The molecule has 76 valence electrons. The van der Waals surface area contributed by atoms with E-state index in [9.17, 15) is 0 Å². The standard InChI is InChI=1S/C13H16.CH4/c1-5-12-8-6-7-9-13(12)11(4)10(2)3;/h5-10H,1,4H2,2-3H3;1H4. The van der Waals surface area contributed by atoms with Crippen LogP contribution in [0.3, 0.4) is 0 Å². The molecule has 0 radical (unpaired) electrons. The van der Waals surface area contributed by atoms with E-state index >= 15 is 0 Å². The van der Waals surface area contributed by atoms with Crippen molar-refractivity contribution in [1.82, 2.24) is 0 Å². The maximum atomic E-state index is 4.09. The lowest BCUT2D eigenvalue weighted by Gasteiger charge is -2.12. The van der Waals surface area contributed by atoms with Gasteiger partial charge in [-0.15, -0.1) is 0 Å². The van der Waals surface area contributed by atoms with Gasteiger partial charge in [0.25, 0.3) is 0 Å². The molecule has 0 atom stereocenters. The first kappa shape index (κ1) is 12.7. The van der Waals surface area contributed by atoms with Crippen molar-refractivity contribution in [2.75, 3.05) is 0 Å². The fourth-order valence-electron chi connectivity index (χ4n) is 1.28. The summed E-state index contributed by atoms with van der Waals surface area (Å²) >= 11 is 0. The molecule has 0 bridgehead atoms. The van der Waals surface area contributed by atoms with E-state index in [-0.39, 0.29) is 7.43 Å². The van der Waals surface area contributed by atoms with E-state index in [4.69, 9.17) is 0 Å². The minimum atomic E-state index is 0. The van der Waals surface area contributed by atoms with E-state index < -0.39 is 0 Å². The second-order valence-electron chi connectivity index (χ2n) is 3.47. The smallest absolute Gasteiger partial charge is 0.0155 e. The largest absolute Gasteiger partial charge is 0.0984 e. The van der Waals surface area contributed by atoms with E-state index in [1.165, 1.54) is 16.7 Å². The van der Waals surface area contributed by atoms with Gasteiger partial charge in [-0.2, -0.15) is 0 Å². The Balaban J connectivity index is 0.00000169. The van der Waals surface area contributed by atoms with Crippen molar-refractivity contribution in [3.05, 3.63) is 48.6 Å². The Kier molecular flexibility index (Phi) is 4.93. The Morgan fingerprint density at radius 3 is 2.36 bits per heavy atom. The minimum Gasteiger partial charge on any atom is -0.0984 e. The molecule has 0 aliphatic rings. The Labute approximate surface area is 88.0 Å². The lowest BCUT2D eigenvalue weighted by atomic mass is 9.93.